The molecule has 1 unspecified atom stereocenters. The van der Waals surface area contributed by atoms with Gasteiger partial charge in [0.25, 0.3) is 0 Å². The molecule has 0 saturated carbocycles. The van der Waals surface area contributed by atoms with E-state index < -0.39 is 35.5 Å². The smallest absolute Gasteiger partial charge is 0.250 e. The van der Waals surface area contributed by atoms with Gasteiger partial charge in [0.1, 0.15) is 23.7 Å². The minimum atomic E-state index is -0.962. The minimum Gasteiger partial charge on any atom is -0.344 e. The minimum absolute atomic E-state index is 0.156. The Morgan fingerprint density at radius 3 is 2.36 bits per heavy atom. The summed E-state index contributed by atoms with van der Waals surface area (Å²) < 4.78 is 26.8. The fraction of sp³-hybridized carbons (Fsp3) is 0.250. The predicted molar refractivity (Wildman–Crippen MR) is 131 cm³/mol. The summed E-state index contributed by atoms with van der Waals surface area (Å²) in [6.45, 7) is 2.44. The molecule has 0 aliphatic carbocycles. The number of rotatable bonds is 8. The lowest BCUT2D eigenvalue weighted by molar-refractivity contribution is -0.138. The van der Waals surface area contributed by atoms with E-state index in [1.807, 2.05) is 54.6 Å². The third-order valence-electron chi connectivity index (χ3n) is 6.14. The summed E-state index contributed by atoms with van der Waals surface area (Å²) in [7, 11) is 0. The molecule has 4 rings (SSSR count). The lowest BCUT2D eigenvalue weighted by atomic mass is 9.94. The first-order valence-electron chi connectivity index (χ1n) is 11.8. The number of benzene rings is 3. The molecule has 3 aromatic carbocycles. The van der Waals surface area contributed by atoms with E-state index in [1.54, 1.807) is 4.90 Å². The third kappa shape index (κ3) is 6.13. The highest BCUT2D eigenvalue weighted by Crippen LogP contribution is 2.28. The maximum absolute atomic E-state index is 13.4. The van der Waals surface area contributed by atoms with Gasteiger partial charge in [-0.1, -0.05) is 54.6 Å². The summed E-state index contributed by atoms with van der Waals surface area (Å²) in [6.07, 6.45) is 0.396. The van der Waals surface area contributed by atoms with E-state index in [9.17, 15) is 23.2 Å². The fourth-order valence-electron chi connectivity index (χ4n) is 4.32. The first-order valence-corrected chi connectivity index (χ1v) is 11.8. The Morgan fingerprint density at radius 2 is 1.64 bits per heavy atom. The number of fused-ring (bicyclic) bond motifs is 1. The first kappa shape index (κ1) is 25.0. The molecule has 0 radical (unpaired) electrons. The number of amides is 3. The molecule has 3 aromatic rings. The van der Waals surface area contributed by atoms with E-state index in [-0.39, 0.29) is 17.9 Å². The van der Waals surface area contributed by atoms with Crippen LogP contribution in [0.25, 0.3) is 0 Å². The van der Waals surface area contributed by atoms with Gasteiger partial charge in [-0.05, 0) is 47.7 Å². The molecular formula is C28H27F2N3O3. The molecular weight excluding hydrogens is 464 g/mol. The predicted octanol–water partition coefficient (Wildman–Crippen LogP) is 3.45. The van der Waals surface area contributed by atoms with Crippen molar-refractivity contribution in [3.63, 3.8) is 0 Å². The van der Waals surface area contributed by atoms with Gasteiger partial charge >= 0.3 is 0 Å². The molecule has 186 valence electrons. The lowest BCUT2D eigenvalue weighted by Gasteiger charge is -2.35. The normalized spacial score (nSPS) is 15.7. The molecule has 1 heterocycles. The maximum Gasteiger partial charge on any atom is 0.250 e. The van der Waals surface area contributed by atoms with Gasteiger partial charge in [-0.15, -0.1) is 0 Å². The van der Waals surface area contributed by atoms with Gasteiger partial charge in [-0.25, -0.2) is 8.78 Å². The summed E-state index contributed by atoms with van der Waals surface area (Å²) in [5.41, 5.74) is 2.93. The van der Waals surface area contributed by atoms with E-state index in [2.05, 4.69) is 10.6 Å². The summed E-state index contributed by atoms with van der Waals surface area (Å²) in [4.78, 5) is 40.4. The molecule has 0 fully saturated rings. The zero-order valence-corrected chi connectivity index (χ0v) is 19.8. The molecule has 0 bridgehead atoms. The SMILES string of the molecule is C[C@H](NC(=O)Cc1cc(F)cc(F)c1)C(=O)NC1C(=O)N(CCc2ccccc2)Cc2ccccc21. The largest absolute Gasteiger partial charge is 0.344 e. The van der Waals surface area contributed by atoms with Crippen molar-refractivity contribution < 1.29 is 23.2 Å². The number of hydrogen-bond acceptors (Lipinski definition) is 3. The van der Waals surface area contributed by atoms with E-state index in [0.717, 1.165) is 34.9 Å². The van der Waals surface area contributed by atoms with E-state index >= 15 is 0 Å². The van der Waals surface area contributed by atoms with Gasteiger partial charge < -0.3 is 15.5 Å². The van der Waals surface area contributed by atoms with E-state index in [1.165, 1.54) is 6.92 Å². The average molecular weight is 492 g/mol. The topological polar surface area (TPSA) is 78.5 Å². The summed E-state index contributed by atoms with van der Waals surface area (Å²) in [5, 5.41) is 5.31. The Hall–Kier alpha value is -4.07. The molecule has 0 saturated heterocycles. The van der Waals surface area contributed by atoms with Crippen molar-refractivity contribution in [3.05, 3.63) is 107 Å². The Balaban J connectivity index is 1.41. The monoisotopic (exact) mass is 491 g/mol. The van der Waals surface area contributed by atoms with Crippen molar-refractivity contribution in [2.75, 3.05) is 6.54 Å². The molecule has 2 N–H and O–H groups in total. The molecule has 0 spiro atoms. The van der Waals surface area contributed by atoms with Gasteiger partial charge in [-0.2, -0.15) is 0 Å². The number of nitrogens with one attached hydrogen (secondary N) is 2. The van der Waals surface area contributed by atoms with Crippen LogP contribution in [0.5, 0.6) is 0 Å². The van der Waals surface area contributed by atoms with Crippen molar-refractivity contribution in [2.24, 2.45) is 0 Å². The molecule has 1 aliphatic rings. The van der Waals surface area contributed by atoms with Crippen LogP contribution in [-0.4, -0.2) is 35.2 Å². The van der Waals surface area contributed by atoms with Crippen molar-refractivity contribution in [3.8, 4) is 0 Å². The highest BCUT2D eigenvalue weighted by Gasteiger charge is 2.34. The van der Waals surface area contributed by atoms with Crippen molar-refractivity contribution in [1.29, 1.82) is 0 Å². The van der Waals surface area contributed by atoms with Crippen LogP contribution in [0.15, 0.2) is 72.8 Å². The molecule has 0 aromatic heterocycles. The van der Waals surface area contributed by atoms with Crippen LogP contribution in [0.3, 0.4) is 0 Å². The second-order valence-corrected chi connectivity index (χ2v) is 8.88. The number of nitrogens with zero attached hydrogens (tertiary/aromatic N) is 1. The van der Waals surface area contributed by atoms with Crippen LogP contribution in [0.4, 0.5) is 8.78 Å². The van der Waals surface area contributed by atoms with Gasteiger partial charge in [0, 0.05) is 19.2 Å². The zero-order chi connectivity index (χ0) is 25.7. The van der Waals surface area contributed by atoms with E-state index in [4.69, 9.17) is 0 Å². The number of carbonyl (C=O) groups is 3. The lowest BCUT2D eigenvalue weighted by Crippen LogP contribution is -2.51. The number of hydrogen-bond donors (Lipinski definition) is 2. The summed E-state index contributed by atoms with van der Waals surface area (Å²) >= 11 is 0. The van der Waals surface area contributed by atoms with Crippen molar-refractivity contribution >= 4 is 17.7 Å². The molecule has 6 nitrogen and oxygen atoms in total. The Morgan fingerprint density at radius 1 is 0.972 bits per heavy atom. The Bertz CT molecular complexity index is 1250. The zero-order valence-electron chi connectivity index (χ0n) is 19.8. The second-order valence-electron chi connectivity index (χ2n) is 8.88. The van der Waals surface area contributed by atoms with Gasteiger partial charge in [0.2, 0.25) is 17.7 Å². The second kappa shape index (κ2) is 11.1. The summed E-state index contributed by atoms with van der Waals surface area (Å²) in [6, 6.07) is 18.3. The quantitative estimate of drug-likeness (QED) is 0.507. The van der Waals surface area contributed by atoms with Gasteiger partial charge in [-0.3, -0.25) is 14.4 Å². The number of carbonyl (C=O) groups excluding carboxylic acids is 3. The van der Waals surface area contributed by atoms with Crippen LogP contribution in [-0.2, 0) is 33.8 Å². The van der Waals surface area contributed by atoms with Crippen LogP contribution in [0, 0.1) is 11.6 Å². The molecule has 3 amide bonds. The highest BCUT2D eigenvalue weighted by molar-refractivity contribution is 5.93. The van der Waals surface area contributed by atoms with Crippen molar-refractivity contribution in [2.45, 2.75) is 38.4 Å². The molecule has 8 heteroatoms. The Labute approximate surface area is 208 Å². The Kier molecular flexibility index (Phi) is 7.73. The highest BCUT2D eigenvalue weighted by atomic mass is 19.1. The average Bonchev–Trinajstić information content (AvgIpc) is 2.84. The van der Waals surface area contributed by atoms with Gasteiger partial charge in [0.15, 0.2) is 0 Å². The summed E-state index contributed by atoms with van der Waals surface area (Å²) in [5.74, 6) is -2.88. The van der Waals surface area contributed by atoms with Crippen LogP contribution in [0.1, 0.15) is 35.2 Å². The van der Waals surface area contributed by atoms with Crippen molar-refractivity contribution in [1.82, 2.24) is 15.5 Å². The third-order valence-corrected chi connectivity index (χ3v) is 6.14. The molecule has 1 aliphatic heterocycles. The maximum atomic E-state index is 13.4. The van der Waals surface area contributed by atoms with E-state index in [0.29, 0.717) is 19.5 Å². The first-order chi connectivity index (χ1) is 17.3. The van der Waals surface area contributed by atoms with Crippen LogP contribution >= 0.6 is 0 Å². The molecule has 36 heavy (non-hydrogen) atoms. The van der Waals surface area contributed by atoms with Gasteiger partial charge in [0.05, 0.1) is 6.42 Å². The standard InChI is InChI=1S/C28H27F2N3O3/c1-18(31-25(34)15-20-13-22(29)16-23(30)14-20)27(35)32-26-24-10-6-5-9-21(24)17-33(28(26)36)12-11-19-7-3-2-4-8-19/h2-10,13-14,16,18,26H,11-12,15,17H2,1H3,(H,31,34)(H,32,35)/t18-,26?/m0/s1. The van der Waals surface area contributed by atoms with Crippen LogP contribution < -0.4 is 10.6 Å². The number of halogens is 2. The molecule has 2 atom stereocenters. The van der Waals surface area contributed by atoms with Crippen LogP contribution in [0.2, 0.25) is 0 Å². The fourth-order valence-corrected chi connectivity index (χ4v) is 4.32.